The van der Waals surface area contributed by atoms with Crippen LogP contribution in [0.4, 0.5) is 4.79 Å². The van der Waals surface area contributed by atoms with E-state index in [2.05, 4.69) is 11.4 Å². The van der Waals surface area contributed by atoms with Crippen LogP contribution in [0.2, 0.25) is 0 Å². The number of amides is 2. The van der Waals surface area contributed by atoms with E-state index < -0.39 is 11.7 Å². The highest BCUT2D eigenvalue weighted by molar-refractivity contribution is 5.92. The molecule has 6 nitrogen and oxygen atoms in total. The summed E-state index contributed by atoms with van der Waals surface area (Å²) in [5, 5.41) is 11.9. The Labute approximate surface area is 160 Å². The van der Waals surface area contributed by atoms with Crippen molar-refractivity contribution in [3.8, 4) is 6.07 Å². The Kier molecular flexibility index (Phi) is 7.00. The van der Waals surface area contributed by atoms with Crippen molar-refractivity contribution in [2.75, 3.05) is 13.1 Å². The average molecular weight is 369 g/mol. The van der Waals surface area contributed by atoms with E-state index >= 15 is 0 Å². The van der Waals surface area contributed by atoms with Crippen LogP contribution in [0.1, 0.15) is 51.2 Å². The van der Waals surface area contributed by atoms with Gasteiger partial charge in [0.05, 0.1) is 11.6 Å². The van der Waals surface area contributed by atoms with Crippen molar-refractivity contribution in [3.63, 3.8) is 0 Å². The quantitative estimate of drug-likeness (QED) is 0.824. The fourth-order valence-corrected chi connectivity index (χ4v) is 3.02. The van der Waals surface area contributed by atoms with E-state index in [4.69, 9.17) is 10.00 Å². The molecule has 2 amide bonds. The van der Waals surface area contributed by atoms with Gasteiger partial charge in [0.15, 0.2) is 0 Å². The number of carbonyl (C=O) groups is 2. The molecule has 1 saturated heterocycles. The summed E-state index contributed by atoms with van der Waals surface area (Å²) in [5.41, 5.74) is 0.695. The summed E-state index contributed by atoms with van der Waals surface area (Å²) in [6.07, 6.45) is 5.50. The SMILES string of the molecule is CC(C)(C)OC(=O)NCC1CCCCN1C(=O)/C=C/c1ccccc1C#N. The van der Waals surface area contributed by atoms with Crippen LogP contribution in [-0.4, -0.2) is 41.6 Å². The Hall–Kier alpha value is -2.81. The van der Waals surface area contributed by atoms with E-state index in [1.807, 2.05) is 26.8 Å². The van der Waals surface area contributed by atoms with Crippen LogP contribution < -0.4 is 5.32 Å². The maximum absolute atomic E-state index is 12.7. The highest BCUT2D eigenvalue weighted by Gasteiger charge is 2.26. The molecular formula is C21H27N3O3. The van der Waals surface area contributed by atoms with Crippen LogP contribution >= 0.6 is 0 Å². The van der Waals surface area contributed by atoms with Crippen LogP contribution in [0.5, 0.6) is 0 Å². The Balaban J connectivity index is 1.99. The number of alkyl carbamates (subject to hydrolysis) is 1. The Morgan fingerprint density at radius 1 is 1.33 bits per heavy atom. The first-order valence-corrected chi connectivity index (χ1v) is 9.25. The van der Waals surface area contributed by atoms with Crippen LogP contribution in [0.15, 0.2) is 30.3 Å². The number of nitrogens with one attached hydrogen (secondary N) is 1. The third-order valence-corrected chi connectivity index (χ3v) is 4.28. The van der Waals surface area contributed by atoms with Gasteiger partial charge < -0.3 is 15.0 Å². The van der Waals surface area contributed by atoms with Crippen molar-refractivity contribution in [1.29, 1.82) is 5.26 Å². The van der Waals surface area contributed by atoms with Crippen molar-refractivity contribution in [2.45, 2.75) is 51.7 Å². The molecule has 27 heavy (non-hydrogen) atoms. The summed E-state index contributed by atoms with van der Waals surface area (Å²) < 4.78 is 5.26. The minimum atomic E-state index is -0.553. The van der Waals surface area contributed by atoms with E-state index in [9.17, 15) is 9.59 Å². The van der Waals surface area contributed by atoms with E-state index in [1.165, 1.54) is 6.08 Å². The molecule has 6 heteroatoms. The van der Waals surface area contributed by atoms with Crippen LogP contribution in [0.25, 0.3) is 6.08 Å². The van der Waals surface area contributed by atoms with Gasteiger partial charge in [-0.05, 0) is 57.7 Å². The number of benzene rings is 1. The van der Waals surface area contributed by atoms with Gasteiger partial charge in [0.1, 0.15) is 5.60 Å². The summed E-state index contributed by atoms with van der Waals surface area (Å²) in [6, 6.07) is 9.21. The number of hydrogen-bond acceptors (Lipinski definition) is 4. The second kappa shape index (κ2) is 9.22. The second-order valence-electron chi connectivity index (χ2n) is 7.60. The van der Waals surface area contributed by atoms with E-state index in [1.54, 1.807) is 29.2 Å². The van der Waals surface area contributed by atoms with Crippen LogP contribution in [-0.2, 0) is 9.53 Å². The van der Waals surface area contributed by atoms with Crippen molar-refractivity contribution >= 4 is 18.1 Å². The molecule has 0 radical (unpaired) electrons. The average Bonchev–Trinajstić information content (AvgIpc) is 2.63. The van der Waals surface area contributed by atoms with Crippen LogP contribution in [0, 0.1) is 11.3 Å². The molecule has 1 aliphatic heterocycles. The number of piperidine rings is 1. The van der Waals surface area contributed by atoms with Gasteiger partial charge in [0, 0.05) is 25.2 Å². The first kappa shape index (κ1) is 20.5. The molecule has 1 aromatic carbocycles. The normalized spacial score (nSPS) is 17.4. The molecule has 0 bridgehead atoms. The molecule has 0 aromatic heterocycles. The zero-order valence-electron chi connectivity index (χ0n) is 16.2. The monoisotopic (exact) mass is 369 g/mol. The van der Waals surface area contributed by atoms with Crippen molar-refractivity contribution in [2.24, 2.45) is 0 Å². The van der Waals surface area contributed by atoms with Crippen LogP contribution in [0.3, 0.4) is 0 Å². The number of likely N-dealkylation sites (tertiary alicyclic amines) is 1. The lowest BCUT2D eigenvalue weighted by Crippen LogP contribution is -2.49. The predicted octanol–water partition coefficient (Wildman–Crippen LogP) is 3.48. The fourth-order valence-electron chi connectivity index (χ4n) is 3.02. The topological polar surface area (TPSA) is 82.4 Å². The lowest BCUT2D eigenvalue weighted by molar-refractivity contribution is -0.129. The Morgan fingerprint density at radius 2 is 2.07 bits per heavy atom. The number of nitriles is 1. The third kappa shape index (κ3) is 6.45. The van der Waals surface area contributed by atoms with Crippen molar-refractivity contribution in [3.05, 3.63) is 41.5 Å². The van der Waals surface area contributed by atoms with Crippen molar-refractivity contribution < 1.29 is 14.3 Å². The number of carbonyl (C=O) groups excluding carboxylic acids is 2. The molecule has 1 heterocycles. The number of nitrogens with zero attached hydrogens (tertiary/aromatic N) is 2. The molecule has 2 rings (SSSR count). The largest absolute Gasteiger partial charge is 0.444 e. The predicted molar refractivity (Wildman–Crippen MR) is 104 cm³/mol. The first-order chi connectivity index (χ1) is 12.8. The molecule has 1 N–H and O–H groups in total. The minimum Gasteiger partial charge on any atom is -0.444 e. The summed E-state index contributed by atoms with van der Waals surface area (Å²) in [4.78, 5) is 26.3. The highest BCUT2D eigenvalue weighted by atomic mass is 16.6. The van der Waals surface area contributed by atoms with Gasteiger partial charge >= 0.3 is 6.09 Å². The highest BCUT2D eigenvalue weighted by Crippen LogP contribution is 2.18. The van der Waals surface area contributed by atoms with Gasteiger partial charge in [0.25, 0.3) is 0 Å². The molecule has 1 unspecified atom stereocenters. The zero-order chi connectivity index (χ0) is 19.9. The van der Waals surface area contributed by atoms with Gasteiger partial charge in [-0.2, -0.15) is 5.26 Å². The molecule has 0 spiro atoms. The second-order valence-corrected chi connectivity index (χ2v) is 7.60. The Bertz CT molecular complexity index is 744. The van der Waals surface area contributed by atoms with Gasteiger partial charge in [-0.15, -0.1) is 0 Å². The van der Waals surface area contributed by atoms with Gasteiger partial charge in [-0.3, -0.25) is 4.79 Å². The lowest BCUT2D eigenvalue weighted by Gasteiger charge is -2.35. The molecule has 1 aromatic rings. The van der Waals surface area contributed by atoms with Crippen molar-refractivity contribution in [1.82, 2.24) is 10.2 Å². The summed E-state index contributed by atoms with van der Waals surface area (Å²) in [5.74, 6) is -0.113. The molecule has 1 fully saturated rings. The molecule has 0 aliphatic carbocycles. The molecule has 144 valence electrons. The molecule has 0 saturated carbocycles. The van der Waals surface area contributed by atoms with E-state index in [0.29, 0.717) is 24.2 Å². The standard InChI is InChI=1S/C21H27N3O3/c1-21(2,3)27-20(26)23-15-18-10-6-7-13-24(18)19(25)12-11-16-8-4-5-9-17(16)14-22/h4-5,8-9,11-12,18H,6-7,10,13,15H2,1-3H3,(H,23,26)/b12-11+. The Morgan fingerprint density at radius 3 is 2.78 bits per heavy atom. The molecule has 1 aliphatic rings. The van der Waals surface area contributed by atoms with Gasteiger partial charge in [-0.25, -0.2) is 4.79 Å². The fraction of sp³-hybridized carbons (Fsp3) is 0.476. The maximum atomic E-state index is 12.7. The minimum absolute atomic E-state index is 0.0605. The van der Waals surface area contributed by atoms with Gasteiger partial charge in [0.2, 0.25) is 5.91 Å². The zero-order valence-corrected chi connectivity index (χ0v) is 16.2. The smallest absolute Gasteiger partial charge is 0.407 e. The number of hydrogen-bond donors (Lipinski definition) is 1. The summed E-state index contributed by atoms with van der Waals surface area (Å²) in [7, 11) is 0. The maximum Gasteiger partial charge on any atom is 0.407 e. The first-order valence-electron chi connectivity index (χ1n) is 9.25. The summed E-state index contributed by atoms with van der Waals surface area (Å²) in [6.45, 7) is 6.46. The number of ether oxygens (including phenoxy) is 1. The molecule has 1 atom stereocenters. The molecular weight excluding hydrogens is 342 g/mol. The van der Waals surface area contributed by atoms with E-state index in [0.717, 1.165) is 19.3 Å². The summed E-state index contributed by atoms with van der Waals surface area (Å²) >= 11 is 0. The lowest BCUT2D eigenvalue weighted by atomic mass is 10.0. The number of rotatable bonds is 4. The van der Waals surface area contributed by atoms with Gasteiger partial charge in [-0.1, -0.05) is 18.2 Å². The third-order valence-electron chi connectivity index (χ3n) is 4.28. The van der Waals surface area contributed by atoms with E-state index in [-0.39, 0.29) is 11.9 Å².